The van der Waals surface area contributed by atoms with Crippen LogP contribution in [0.1, 0.15) is 26.3 Å². The van der Waals surface area contributed by atoms with E-state index in [1.54, 1.807) is 39.0 Å². The molecule has 0 aliphatic carbocycles. The van der Waals surface area contributed by atoms with Gasteiger partial charge >= 0.3 is 0 Å². The van der Waals surface area contributed by atoms with Crippen LogP contribution in [0.2, 0.25) is 0 Å². The van der Waals surface area contributed by atoms with Crippen LogP contribution in [-0.4, -0.2) is 25.5 Å². The van der Waals surface area contributed by atoms with Crippen LogP contribution in [0.15, 0.2) is 30.9 Å². The zero-order valence-electron chi connectivity index (χ0n) is 12.3. The summed E-state index contributed by atoms with van der Waals surface area (Å²) in [6, 6.07) is 5.31. The lowest BCUT2D eigenvalue weighted by Gasteiger charge is -2.19. The molecule has 0 amide bonds. The molecule has 0 unspecified atom stereocenters. The molecule has 0 bridgehead atoms. The van der Waals surface area contributed by atoms with E-state index in [1.165, 1.54) is 0 Å². The summed E-state index contributed by atoms with van der Waals surface area (Å²) in [6.45, 7) is 8.89. The molecule has 0 aromatic heterocycles. The Morgan fingerprint density at radius 3 is 2.55 bits per heavy atom. The highest BCUT2D eigenvalue weighted by atomic mass is 32.2. The number of benzene rings is 1. The maximum absolute atomic E-state index is 12.0. The molecule has 0 atom stereocenters. The Bertz CT molecular complexity index is 571. The zero-order valence-corrected chi connectivity index (χ0v) is 13.2. The molecular formula is C15H23NO3S. The third-order valence-corrected chi connectivity index (χ3v) is 5.56. The van der Waals surface area contributed by atoms with E-state index in [-0.39, 0.29) is 12.4 Å². The lowest BCUT2D eigenvalue weighted by molar-refractivity contribution is 0.337. The number of sulfone groups is 1. The van der Waals surface area contributed by atoms with Crippen LogP contribution >= 0.6 is 0 Å². The predicted molar refractivity (Wildman–Crippen MR) is 83.8 cm³/mol. The Kier molecular flexibility index (Phi) is 5.22. The van der Waals surface area contributed by atoms with Crippen molar-refractivity contribution >= 4 is 15.5 Å². The maximum Gasteiger partial charge on any atom is 0.158 e. The Morgan fingerprint density at radius 2 is 2.00 bits per heavy atom. The second kappa shape index (κ2) is 6.31. The number of allylic oxidation sites excluding steroid dienone is 1. The van der Waals surface area contributed by atoms with E-state index in [1.807, 2.05) is 6.07 Å². The van der Waals surface area contributed by atoms with Crippen LogP contribution in [0.5, 0.6) is 5.75 Å². The highest BCUT2D eigenvalue weighted by Gasteiger charge is 2.28. The van der Waals surface area contributed by atoms with Crippen molar-refractivity contribution in [3.05, 3.63) is 36.4 Å². The number of anilines is 1. The topological polar surface area (TPSA) is 69.4 Å². The van der Waals surface area contributed by atoms with Gasteiger partial charge in [-0.15, -0.1) is 6.58 Å². The third kappa shape index (κ3) is 4.27. The Balaban J connectivity index is 2.74. The molecule has 0 aliphatic heterocycles. The Morgan fingerprint density at radius 1 is 1.35 bits per heavy atom. The molecular weight excluding hydrogens is 274 g/mol. The monoisotopic (exact) mass is 297 g/mol. The summed E-state index contributed by atoms with van der Waals surface area (Å²) < 4.78 is 28.8. The first-order valence-corrected chi connectivity index (χ1v) is 8.17. The van der Waals surface area contributed by atoms with E-state index < -0.39 is 14.6 Å². The van der Waals surface area contributed by atoms with Crippen molar-refractivity contribution in [1.29, 1.82) is 0 Å². The zero-order chi connectivity index (χ0) is 15.4. The predicted octanol–water partition coefficient (Wildman–Crippen LogP) is 2.59. The SMILES string of the molecule is C=CCc1cc(N)ccc1OCCS(=O)(=O)C(C)(C)C. The molecule has 1 aromatic carbocycles. The molecule has 0 saturated heterocycles. The molecule has 0 aliphatic rings. The quantitative estimate of drug-likeness (QED) is 0.647. The summed E-state index contributed by atoms with van der Waals surface area (Å²) >= 11 is 0. The number of nitrogen functional groups attached to an aromatic ring is 1. The summed E-state index contributed by atoms with van der Waals surface area (Å²) in [4.78, 5) is 0. The van der Waals surface area contributed by atoms with Gasteiger partial charge in [0.2, 0.25) is 0 Å². The van der Waals surface area contributed by atoms with Gasteiger partial charge in [-0.3, -0.25) is 0 Å². The van der Waals surface area contributed by atoms with Gasteiger partial charge in [-0.2, -0.15) is 0 Å². The fourth-order valence-electron chi connectivity index (χ4n) is 1.62. The second-order valence-corrected chi connectivity index (χ2v) is 8.50. The molecule has 5 heteroatoms. The number of hydrogen-bond donors (Lipinski definition) is 1. The van der Waals surface area contributed by atoms with E-state index in [9.17, 15) is 8.42 Å². The first-order valence-electron chi connectivity index (χ1n) is 6.52. The molecule has 1 aromatic rings. The van der Waals surface area contributed by atoms with Crippen molar-refractivity contribution < 1.29 is 13.2 Å². The van der Waals surface area contributed by atoms with Gasteiger partial charge in [0.15, 0.2) is 9.84 Å². The molecule has 0 fully saturated rings. The summed E-state index contributed by atoms with van der Waals surface area (Å²) in [6.07, 6.45) is 2.39. The molecule has 112 valence electrons. The van der Waals surface area contributed by atoms with Crippen LogP contribution < -0.4 is 10.5 Å². The molecule has 0 radical (unpaired) electrons. The summed E-state index contributed by atoms with van der Waals surface area (Å²) in [5, 5.41) is 0. The van der Waals surface area contributed by atoms with E-state index in [0.717, 1.165) is 5.56 Å². The van der Waals surface area contributed by atoms with Crippen molar-refractivity contribution in [3.63, 3.8) is 0 Å². The van der Waals surface area contributed by atoms with E-state index >= 15 is 0 Å². The number of rotatable bonds is 6. The standard InChI is InChI=1S/C15H23NO3S/c1-5-6-12-11-13(16)7-8-14(12)19-9-10-20(17,18)15(2,3)4/h5,7-8,11H,1,6,9-10,16H2,2-4H3. The Hall–Kier alpha value is -1.49. The third-order valence-electron chi connectivity index (χ3n) is 2.99. The normalized spacial score (nSPS) is 12.2. The van der Waals surface area contributed by atoms with E-state index in [4.69, 9.17) is 10.5 Å². The minimum absolute atomic E-state index is 0.00555. The van der Waals surface area contributed by atoms with Crippen molar-refractivity contribution in [2.75, 3.05) is 18.1 Å². The molecule has 0 spiro atoms. The summed E-state index contributed by atoms with van der Waals surface area (Å²) in [7, 11) is -3.17. The second-order valence-electron chi connectivity index (χ2n) is 5.64. The molecule has 1 rings (SSSR count). The van der Waals surface area contributed by atoms with Gasteiger partial charge < -0.3 is 10.5 Å². The summed E-state index contributed by atoms with van der Waals surface area (Å²) in [5.41, 5.74) is 7.29. The fourth-order valence-corrected chi connectivity index (χ4v) is 2.54. The highest BCUT2D eigenvalue weighted by molar-refractivity contribution is 7.92. The molecule has 0 saturated carbocycles. The smallest absolute Gasteiger partial charge is 0.158 e. The largest absolute Gasteiger partial charge is 0.492 e. The average molecular weight is 297 g/mol. The van der Waals surface area contributed by atoms with Crippen molar-refractivity contribution in [1.82, 2.24) is 0 Å². The fraction of sp³-hybridized carbons (Fsp3) is 0.467. The van der Waals surface area contributed by atoms with Gasteiger partial charge in [-0.05, 0) is 51.0 Å². The van der Waals surface area contributed by atoms with Crippen molar-refractivity contribution in [3.8, 4) is 5.75 Å². The minimum Gasteiger partial charge on any atom is -0.492 e. The van der Waals surface area contributed by atoms with Gasteiger partial charge in [0.05, 0.1) is 10.5 Å². The lowest BCUT2D eigenvalue weighted by atomic mass is 10.1. The van der Waals surface area contributed by atoms with Gasteiger partial charge in [-0.25, -0.2) is 8.42 Å². The minimum atomic E-state index is -3.17. The van der Waals surface area contributed by atoms with Crippen LogP contribution in [0.4, 0.5) is 5.69 Å². The van der Waals surface area contributed by atoms with Crippen LogP contribution in [0, 0.1) is 0 Å². The first-order chi connectivity index (χ1) is 9.17. The number of nitrogens with two attached hydrogens (primary N) is 1. The summed E-state index contributed by atoms with van der Waals surface area (Å²) in [5.74, 6) is 0.650. The van der Waals surface area contributed by atoms with Gasteiger partial charge in [-0.1, -0.05) is 6.08 Å². The number of hydrogen-bond acceptors (Lipinski definition) is 4. The maximum atomic E-state index is 12.0. The lowest BCUT2D eigenvalue weighted by Crippen LogP contribution is -2.32. The van der Waals surface area contributed by atoms with Crippen molar-refractivity contribution in [2.24, 2.45) is 0 Å². The van der Waals surface area contributed by atoms with Crippen LogP contribution in [-0.2, 0) is 16.3 Å². The van der Waals surface area contributed by atoms with E-state index in [2.05, 4.69) is 6.58 Å². The highest BCUT2D eigenvalue weighted by Crippen LogP contribution is 2.23. The Labute approximate surface area is 121 Å². The van der Waals surface area contributed by atoms with Gasteiger partial charge in [0, 0.05) is 5.69 Å². The molecule has 20 heavy (non-hydrogen) atoms. The first kappa shape index (κ1) is 16.6. The van der Waals surface area contributed by atoms with E-state index in [0.29, 0.717) is 17.9 Å². The molecule has 0 heterocycles. The number of ether oxygens (including phenoxy) is 1. The van der Waals surface area contributed by atoms with Gasteiger partial charge in [0.25, 0.3) is 0 Å². The van der Waals surface area contributed by atoms with Crippen LogP contribution in [0.25, 0.3) is 0 Å². The van der Waals surface area contributed by atoms with Crippen molar-refractivity contribution in [2.45, 2.75) is 31.9 Å². The molecule has 4 nitrogen and oxygen atoms in total. The van der Waals surface area contributed by atoms with Gasteiger partial charge in [0.1, 0.15) is 12.4 Å². The molecule has 2 N–H and O–H groups in total. The average Bonchev–Trinajstić information content (AvgIpc) is 2.30. The van der Waals surface area contributed by atoms with Crippen LogP contribution in [0.3, 0.4) is 0 Å².